The van der Waals surface area contributed by atoms with Gasteiger partial charge in [0.05, 0.1) is 6.42 Å². The van der Waals surface area contributed by atoms with E-state index in [1.807, 2.05) is 44.1 Å². The zero-order valence-corrected chi connectivity index (χ0v) is 17.5. The van der Waals surface area contributed by atoms with Gasteiger partial charge in [-0.25, -0.2) is 8.42 Å². The van der Waals surface area contributed by atoms with Gasteiger partial charge in [-0.05, 0) is 55.7 Å². The molecule has 1 aliphatic heterocycles. The lowest BCUT2D eigenvalue weighted by Crippen LogP contribution is -2.27. The Labute approximate surface area is 164 Å². The van der Waals surface area contributed by atoms with Crippen molar-refractivity contribution in [3.8, 4) is 0 Å². The second-order valence-corrected chi connectivity index (χ2v) is 10.3. The molecule has 6 nitrogen and oxygen atoms in total. The second kappa shape index (κ2) is 8.00. The monoisotopic (exact) mass is 407 g/mol. The van der Waals surface area contributed by atoms with Crippen LogP contribution in [0.5, 0.6) is 0 Å². The van der Waals surface area contributed by atoms with Gasteiger partial charge in [0, 0.05) is 43.4 Å². The largest absolute Gasteiger partial charge is 0.377 e. The Morgan fingerprint density at radius 3 is 2.52 bits per heavy atom. The molecule has 1 fully saturated rings. The minimum absolute atomic E-state index is 0.154. The van der Waals surface area contributed by atoms with Crippen molar-refractivity contribution >= 4 is 38.6 Å². The van der Waals surface area contributed by atoms with Crippen LogP contribution in [0.1, 0.15) is 23.3 Å². The molecule has 1 N–H and O–H groups in total. The maximum Gasteiger partial charge on any atom is 0.252 e. The van der Waals surface area contributed by atoms with Crippen molar-refractivity contribution in [1.29, 1.82) is 0 Å². The van der Waals surface area contributed by atoms with Gasteiger partial charge in [0.1, 0.15) is 4.21 Å². The van der Waals surface area contributed by atoms with Gasteiger partial charge in [-0.15, -0.1) is 11.3 Å². The number of nitrogens with zero attached hydrogens (tertiary/aromatic N) is 2. The molecule has 2 heterocycles. The molecule has 0 radical (unpaired) electrons. The van der Waals surface area contributed by atoms with Gasteiger partial charge in [0.2, 0.25) is 5.91 Å². The molecule has 0 unspecified atom stereocenters. The van der Waals surface area contributed by atoms with Crippen molar-refractivity contribution in [3.05, 3.63) is 40.8 Å². The summed E-state index contributed by atoms with van der Waals surface area (Å²) in [7, 11) is 0.539. The molecule has 2 aromatic rings. The van der Waals surface area contributed by atoms with Crippen LogP contribution in [0.4, 0.5) is 11.4 Å². The quantitative estimate of drug-likeness (QED) is 0.799. The average molecular weight is 408 g/mol. The number of rotatable bonds is 6. The Morgan fingerprint density at radius 1 is 1.19 bits per heavy atom. The summed E-state index contributed by atoms with van der Waals surface area (Å²) >= 11 is 1.18. The normalized spacial score (nSPS) is 15.1. The van der Waals surface area contributed by atoms with Crippen LogP contribution in [-0.2, 0) is 21.2 Å². The third-order valence-corrected chi connectivity index (χ3v) is 8.04. The standard InChI is InChI=1S/C19H25N3O3S2/c1-14-12-15(6-8-17(14)21(2)3)20-18(23)13-16-7-9-19(26-16)27(24,25)22-10-4-5-11-22/h6-9,12H,4-5,10-11,13H2,1-3H3,(H,20,23). The molecule has 0 atom stereocenters. The minimum Gasteiger partial charge on any atom is -0.377 e. The molecule has 0 bridgehead atoms. The second-order valence-electron chi connectivity index (χ2n) is 6.95. The fraction of sp³-hybridized carbons (Fsp3) is 0.421. The SMILES string of the molecule is Cc1cc(NC(=O)Cc2ccc(S(=O)(=O)N3CCCC3)s2)ccc1N(C)C. The van der Waals surface area contributed by atoms with Crippen LogP contribution < -0.4 is 10.2 Å². The van der Waals surface area contributed by atoms with Crippen molar-refractivity contribution in [3.63, 3.8) is 0 Å². The maximum absolute atomic E-state index is 12.6. The number of hydrogen-bond donors (Lipinski definition) is 1. The van der Waals surface area contributed by atoms with Crippen molar-refractivity contribution in [2.75, 3.05) is 37.4 Å². The highest BCUT2D eigenvalue weighted by molar-refractivity contribution is 7.91. The van der Waals surface area contributed by atoms with E-state index in [0.717, 1.165) is 34.7 Å². The summed E-state index contributed by atoms with van der Waals surface area (Å²) in [5, 5.41) is 2.89. The molecule has 1 saturated heterocycles. The number of amides is 1. The van der Waals surface area contributed by atoms with Gasteiger partial charge in [0.25, 0.3) is 10.0 Å². The molecule has 146 valence electrons. The Hall–Kier alpha value is -1.90. The summed E-state index contributed by atoms with van der Waals surface area (Å²) in [6, 6.07) is 9.12. The molecule has 0 spiro atoms. The summed E-state index contributed by atoms with van der Waals surface area (Å²) in [6.45, 7) is 3.16. The first-order valence-corrected chi connectivity index (χ1v) is 11.2. The Kier molecular flexibility index (Phi) is 5.88. The Balaban J connectivity index is 1.65. The highest BCUT2D eigenvalue weighted by atomic mass is 32.2. The van der Waals surface area contributed by atoms with Crippen LogP contribution in [0, 0.1) is 6.92 Å². The lowest BCUT2D eigenvalue weighted by atomic mass is 10.1. The third kappa shape index (κ3) is 4.51. The predicted molar refractivity (Wildman–Crippen MR) is 110 cm³/mol. The third-order valence-electron chi connectivity index (χ3n) is 4.59. The van der Waals surface area contributed by atoms with E-state index in [9.17, 15) is 13.2 Å². The molecule has 1 aliphatic rings. The molecular weight excluding hydrogens is 382 g/mol. The Bertz CT molecular complexity index is 929. The van der Waals surface area contributed by atoms with E-state index < -0.39 is 10.0 Å². The van der Waals surface area contributed by atoms with Crippen molar-refractivity contribution in [2.45, 2.75) is 30.4 Å². The van der Waals surface area contributed by atoms with Gasteiger partial charge >= 0.3 is 0 Å². The number of thiophene rings is 1. The van der Waals surface area contributed by atoms with E-state index in [0.29, 0.717) is 17.3 Å². The van der Waals surface area contributed by atoms with Crippen LogP contribution in [0.15, 0.2) is 34.5 Å². The summed E-state index contributed by atoms with van der Waals surface area (Å²) in [4.78, 5) is 15.1. The van der Waals surface area contributed by atoms with Gasteiger partial charge < -0.3 is 10.2 Å². The zero-order valence-electron chi connectivity index (χ0n) is 15.9. The highest BCUT2D eigenvalue weighted by Gasteiger charge is 2.28. The van der Waals surface area contributed by atoms with E-state index in [1.165, 1.54) is 15.6 Å². The fourth-order valence-electron chi connectivity index (χ4n) is 3.25. The topological polar surface area (TPSA) is 69.7 Å². The van der Waals surface area contributed by atoms with Crippen molar-refractivity contribution in [1.82, 2.24) is 4.31 Å². The lowest BCUT2D eigenvalue weighted by molar-refractivity contribution is -0.115. The smallest absolute Gasteiger partial charge is 0.252 e. The molecule has 8 heteroatoms. The molecule has 1 aromatic heterocycles. The predicted octanol–water partition coefficient (Wildman–Crippen LogP) is 3.09. The molecule has 1 amide bonds. The number of benzene rings is 1. The molecule has 0 aliphatic carbocycles. The van der Waals surface area contributed by atoms with Crippen LogP contribution >= 0.6 is 11.3 Å². The van der Waals surface area contributed by atoms with Gasteiger partial charge in [-0.1, -0.05) is 0 Å². The molecular formula is C19H25N3O3S2. The number of nitrogens with one attached hydrogen (secondary N) is 1. The number of anilines is 2. The van der Waals surface area contributed by atoms with Crippen molar-refractivity contribution in [2.24, 2.45) is 0 Å². The molecule has 3 rings (SSSR count). The average Bonchev–Trinajstić information content (AvgIpc) is 3.26. The van der Waals surface area contributed by atoms with Gasteiger partial charge in [-0.3, -0.25) is 4.79 Å². The van der Waals surface area contributed by atoms with Crippen molar-refractivity contribution < 1.29 is 13.2 Å². The van der Waals surface area contributed by atoms with Gasteiger partial charge in [0.15, 0.2) is 0 Å². The number of hydrogen-bond acceptors (Lipinski definition) is 5. The first-order valence-electron chi connectivity index (χ1n) is 8.94. The number of aryl methyl sites for hydroxylation is 1. The van der Waals surface area contributed by atoms with Crippen LogP contribution in [0.3, 0.4) is 0 Å². The fourth-order valence-corrected chi connectivity index (χ4v) is 6.27. The first-order chi connectivity index (χ1) is 12.8. The highest BCUT2D eigenvalue weighted by Crippen LogP contribution is 2.28. The van der Waals surface area contributed by atoms with Gasteiger partial charge in [-0.2, -0.15) is 4.31 Å². The zero-order chi connectivity index (χ0) is 19.6. The summed E-state index contributed by atoms with van der Waals surface area (Å²) < 4.78 is 27.0. The van der Waals surface area contributed by atoms with Crippen LogP contribution in [-0.4, -0.2) is 45.8 Å². The number of carbonyl (C=O) groups excluding carboxylic acids is 1. The number of carbonyl (C=O) groups is 1. The minimum atomic E-state index is -3.42. The maximum atomic E-state index is 12.6. The molecule has 1 aromatic carbocycles. The van der Waals surface area contributed by atoms with E-state index in [1.54, 1.807) is 12.1 Å². The molecule has 27 heavy (non-hydrogen) atoms. The van der Waals surface area contributed by atoms with Crippen LogP contribution in [0.25, 0.3) is 0 Å². The van der Waals surface area contributed by atoms with E-state index in [2.05, 4.69) is 5.32 Å². The lowest BCUT2D eigenvalue weighted by Gasteiger charge is -2.16. The Morgan fingerprint density at radius 2 is 1.89 bits per heavy atom. The van der Waals surface area contributed by atoms with Crippen LogP contribution in [0.2, 0.25) is 0 Å². The first kappa shape index (κ1) is 19.9. The summed E-state index contributed by atoms with van der Waals surface area (Å²) in [5.41, 5.74) is 2.92. The summed E-state index contributed by atoms with van der Waals surface area (Å²) in [6.07, 6.45) is 1.98. The number of sulfonamides is 1. The van der Waals surface area contributed by atoms with E-state index in [4.69, 9.17) is 0 Å². The van der Waals surface area contributed by atoms with E-state index >= 15 is 0 Å². The molecule has 0 saturated carbocycles. The summed E-state index contributed by atoms with van der Waals surface area (Å²) in [5.74, 6) is -0.154. The van der Waals surface area contributed by atoms with E-state index in [-0.39, 0.29) is 12.3 Å².